The van der Waals surface area contributed by atoms with Gasteiger partial charge in [-0.15, -0.1) is 0 Å². The summed E-state index contributed by atoms with van der Waals surface area (Å²) in [6, 6.07) is 16.8. The molecule has 2 unspecified atom stereocenters. The molecule has 0 fully saturated rings. The van der Waals surface area contributed by atoms with Crippen molar-refractivity contribution in [3.8, 4) is 0 Å². The molecular weight excluding hydrogens is 641 g/mol. The van der Waals surface area contributed by atoms with E-state index in [0.717, 1.165) is 9.79 Å². The molecule has 0 aliphatic carbocycles. The second kappa shape index (κ2) is 16.3. The van der Waals surface area contributed by atoms with E-state index in [0.29, 0.717) is 12.8 Å². The van der Waals surface area contributed by atoms with Gasteiger partial charge in [0.2, 0.25) is 0 Å². The number of benzene rings is 2. The number of nitrogens with zero attached hydrogens (tertiary/aromatic N) is 4. The molecule has 0 heterocycles. The minimum atomic E-state index is -0.734. The van der Waals surface area contributed by atoms with E-state index in [-0.39, 0.29) is 34.7 Å². The molecule has 0 amide bonds. The highest BCUT2D eigenvalue weighted by molar-refractivity contribution is 8.00. The maximum atomic E-state index is 12.7. The molecule has 0 bridgehead atoms. The van der Waals surface area contributed by atoms with Crippen LogP contribution in [0.4, 0.5) is 0 Å². The van der Waals surface area contributed by atoms with Crippen molar-refractivity contribution in [2.24, 2.45) is 20.5 Å². The Morgan fingerprint density at radius 1 is 0.500 bits per heavy atom. The van der Waals surface area contributed by atoms with Crippen molar-refractivity contribution in [1.82, 2.24) is 0 Å². The average molecular weight is 699 g/mol. The first-order chi connectivity index (χ1) is 21.8. The standard InChI is InChI=1S/C38H58N4O4S2/c1-33(2,3)27-15-19-29(20-16-27)47-37(13,41-39-35(7,8)9)25-23-31(43)45-46-32(44)24-26-38(14,42-40-36(10,11)12)48-30-21-17-28(18-22-30)34(4,5)6/h15-22H,23-26H2,1-14H3. The Bertz CT molecular complexity index is 1300. The third-order valence-electron chi connectivity index (χ3n) is 7.05. The number of hydrogen-bond acceptors (Lipinski definition) is 10. The van der Waals surface area contributed by atoms with Crippen LogP contribution in [0, 0.1) is 0 Å². The van der Waals surface area contributed by atoms with Crippen molar-refractivity contribution in [2.75, 3.05) is 0 Å². The summed E-state index contributed by atoms with van der Waals surface area (Å²) in [5, 5.41) is 18.3. The van der Waals surface area contributed by atoms with Gasteiger partial charge in [-0.25, -0.2) is 19.4 Å². The van der Waals surface area contributed by atoms with Crippen molar-refractivity contribution >= 4 is 35.5 Å². The van der Waals surface area contributed by atoms with Crippen LogP contribution in [-0.4, -0.2) is 32.8 Å². The van der Waals surface area contributed by atoms with Gasteiger partial charge in [0.1, 0.15) is 9.74 Å². The second-order valence-corrected chi connectivity index (χ2v) is 19.9. The molecule has 0 spiro atoms. The van der Waals surface area contributed by atoms with E-state index in [1.807, 2.05) is 55.4 Å². The second-order valence-electron chi connectivity index (χ2n) is 16.8. The fraction of sp³-hybridized carbons (Fsp3) is 0.632. The van der Waals surface area contributed by atoms with E-state index >= 15 is 0 Å². The lowest BCUT2D eigenvalue weighted by molar-refractivity contribution is -0.259. The van der Waals surface area contributed by atoms with Crippen LogP contribution in [0.1, 0.15) is 134 Å². The maximum absolute atomic E-state index is 12.7. The van der Waals surface area contributed by atoms with Crippen molar-refractivity contribution in [1.29, 1.82) is 0 Å². The van der Waals surface area contributed by atoms with E-state index in [1.165, 1.54) is 34.7 Å². The molecule has 0 aliphatic rings. The van der Waals surface area contributed by atoms with Crippen LogP contribution < -0.4 is 0 Å². The number of rotatable bonds is 12. The summed E-state index contributed by atoms with van der Waals surface area (Å²) in [4.78, 5) is 36.0. The Hall–Kier alpha value is -2.72. The molecule has 0 saturated heterocycles. The van der Waals surface area contributed by atoms with Gasteiger partial charge in [-0.2, -0.15) is 20.5 Å². The molecule has 2 rings (SSSR count). The maximum Gasteiger partial charge on any atom is 0.355 e. The quantitative estimate of drug-likeness (QED) is 0.0946. The molecule has 0 aromatic heterocycles. The van der Waals surface area contributed by atoms with E-state index in [1.54, 1.807) is 0 Å². The summed E-state index contributed by atoms with van der Waals surface area (Å²) >= 11 is 3.08. The van der Waals surface area contributed by atoms with E-state index < -0.39 is 21.7 Å². The Balaban J connectivity index is 2.04. The summed E-state index contributed by atoms with van der Waals surface area (Å²) in [6.45, 7) is 28.8. The van der Waals surface area contributed by atoms with E-state index in [9.17, 15) is 9.59 Å². The lowest BCUT2D eigenvalue weighted by Crippen LogP contribution is -2.23. The van der Waals surface area contributed by atoms with Crippen molar-refractivity contribution in [2.45, 2.75) is 164 Å². The normalized spacial score (nSPS) is 15.7. The molecule has 2 atom stereocenters. The van der Waals surface area contributed by atoms with Gasteiger partial charge >= 0.3 is 11.9 Å². The predicted octanol–water partition coefficient (Wildman–Crippen LogP) is 11.7. The molecule has 0 N–H and O–H groups in total. The Morgan fingerprint density at radius 2 is 0.792 bits per heavy atom. The minimum Gasteiger partial charge on any atom is -0.247 e. The van der Waals surface area contributed by atoms with Crippen molar-refractivity contribution < 1.29 is 19.4 Å². The van der Waals surface area contributed by atoms with Crippen LogP contribution in [0.25, 0.3) is 0 Å². The number of carbonyl (C=O) groups excluding carboxylic acids is 2. The largest absolute Gasteiger partial charge is 0.355 e. The van der Waals surface area contributed by atoms with Gasteiger partial charge in [0.15, 0.2) is 0 Å². The van der Waals surface area contributed by atoms with Crippen LogP contribution >= 0.6 is 23.5 Å². The van der Waals surface area contributed by atoms with Crippen LogP contribution in [-0.2, 0) is 30.2 Å². The average Bonchev–Trinajstić information content (AvgIpc) is 2.95. The Labute approximate surface area is 298 Å². The zero-order valence-corrected chi connectivity index (χ0v) is 33.3. The Kier molecular flexibility index (Phi) is 14.1. The van der Waals surface area contributed by atoms with Crippen LogP contribution in [0.5, 0.6) is 0 Å². The first kappa shape index (κ1) is 41.5. The molecule has 8 nitrogen and oxygen atoms in total. The monoisotopic (exact) mass is 698 g/mol. The number of carbonyl (C=O) groups is 2. The van der Waals surface area contributed by atoms with Gasteiger partial charge < -0.3 is 0 Å². The van der Waals surface area contributed by atoms with Gasteiger partial charge in [0, 0.05) is 9.79 Å². The van der Waals surface area contributed by atoms with Crippen LogP contribution in [0.3, 0.4) is 0 Å². The first-order valence-corrected chi connectivity index (χ1v) is 18.3. The molecule has 48 heavy (non-hydrogen) atoms. The number of thioether (sulfide) groups is 2. The van der Waals surface area contributed by atoms with Crippen LogP contribution in [0.2, 0.25) is 0 Å². The summed E-state index contributed by atoms with van der Waals surface area (Å²) in [6.07, 6.45) is 0.672. The summed E-state index contributed by atoms with van der Waals surface area (Å²) < 4.78 is 0. The van der Waals surface area contributed by atoms with Gasteiger partial charge in [-0.1, -0.05) is 89.3 Å². The third kappa shape index (κ3) is 15.7. The molecule has 2 aromatic carbocycles. The summed E-state index contributed by atoms with van der Waals surface area (Å²) in [5.74, 6) is -1.29. The van der Waals surface area contributed by atoms with Gasteiger partial charge in [0.05, 0.1) is 23.9 Å². The zero-order chi connectivity index (χ0) is 36.6. The fourth-order valence-electron chi connectivity index (χ4n) is 4.15. The minimum absolute atomic E-state index is 0.00204. The molecule has 0 aliphatic heterocycles. The van der Waals surface area contributed by atoms with Crippen molar-refractivity contribution in [3.63, 3.8) is 0 Å². The highest BCUT2D eigenvalue weighted by Crippen LogP contribution is 2.41. The van der Waals surface area contributed by atoms with Gasteiger partial charge in [0.25, 0.3) is 0 Å². The zero-order valence-electron chi connectivity index (χ0n) is 31.7. The van der Waals surface area contributed by atoms with Crippen LogP contribution in [0.15, 0.2) is 78.8 Å². The topological polar surface area (TPSA) is 102 Å². The molecule has 2 aromatic rings. The SMILES string of the molecule is CC(C)(C)N=NC(C)(CCC(=O)OOC(=O)CCC(C)(N=NC(C)(C)C)Sc1ccc(C(C)(C)C)cc1)Sc1ccc(C(C)(C)C)cc1. The van der Waals surface area contributed by atoms with E-state index in [2.05, 4.69) is 111 Å². The molecule has 0 radical (unpaired) electrons. The third-order valence-corrected chi connectivity index (χ3v) is 9.52. The molecule has 0 saturated carbocycles. The van der Waals surface area contributed by atoms with Crippen molar-refractivity contribution in [3.05, 3.63) is 59.7 Å². The summed E-state index contributed by atoms with van der Waals surface area (Å²) in [5.41, 5.74) is 1.83. The fourth-order valence-corrected chi connectivity index (χ4v) is 6.28. The molecular formula is C38H58N4O4S2. The molecule has 10 heteroatoms. The number of hydrogen-bond donors (Lipinski definition) is 0. The summed E-state index contributed by atoms with van der Waals surface area (Å²) in [7, 11) is 0. The predicted molar refractivity (Wildman–Crippen MR) is 199 cm³/mol. The van der Waals surface area contributed by atoms with Gasteiger partial charge in [-0.3, -0.25) is 0 Å². The molecule has 266 valence electrons. The van der Waals surface area contributed by atoms with E-state index in [4.69, 9.17) is 9.78 Å². The van der Waals surface area contributed by atoms with Gasteiger partial charge in [-0.05, 0) is 114 Å². The lowest BCUT2D eigenvalue weighted by atomic mass is 9.87. The lowest BCUT2D eigenvalue weighted by Gasteiger charge is -2.26. The number of azo groups is 2. The highest BCUT2D eigenvalue weighted by Gasteiger charge is 2.31. The smallest absolute Gasteiger partial charge is 0.247 e. The Morgan fingerprint density at radius 3 is 1.04 bits per heavy atom. The highest BCUT2D eigenvalue weighted by atomic mass is 32.2. The first-order valence-electron chi connectivity index (χ1n) is 16.7.